The Labute approximate surface area is 166 Å². The van der Waals surface area contributed by atoms with E-state index in [0.29, 0.717) is 26.7 Å². The molecule has 1 N–H and O–H groups in total. The number of nitrogens with one attached hydrogen (secondary N) is 1. The number of rotatable bonds is 3. The number of aromatic amines is 1. The normalized spacial score (nSPS) is 11.9. The lowest BCUT2D eigenvalue weighted by molar-refractivity contribution is 0.580. The summed E-state index contributed by atoms with van der Waals surface area (Å²) in [6.07, 6.45) is 1.56. The number of fused-ring (bicyclic) bond motifs is 1. The van der Waals surface area contributed by atoms with Crippen molar-refractivity contribution in [1.82, 2.24) is 4.98 Å². The minimum Gasteiger partial charge on any atom is -0.447 e. The lowest BCUT2D eigenvalue weighted by Crippen LogP contribution is -2.22. The highest BCUT2D eigenvalue weighted by Crippen LogP contribution is 2.34. The quantitative estimate of drug-likeness (QED) is 0.433. The molecule has 2 aromatic carbocycles. The summed E-state index contributed by atoms with van der Waals surface area (Å²) in [4.78, 5) is 16.2. The predicted molar refractivity (Wildman–Crippen MR) is 111 cm³/mol. The zero-order chi connectivity index (χ0) is 19.2. The molecule has 5 heteroatoms. The average molecular weight is 398 g/mol. The van der Waals surface area contributed by atoms with Crippen molar-refractivity contribution in [3.8, 4) is 11.1 Å². The Bertz CT molecular complexity index is 1170. The van der Waals surface area contributed by atoms with Crippen LogP contribution in [0.25, 0.3) is 22.2 Å². The van der Waals surface area contributed by atoms with Crippen molar-refractivity contribution < 1.29 is 4.42 Å². The van der Waals surface area contributed by atoms with Crippen LogP contribution in [0.4, 0.5) is 0 Å². The summed E-state index contributed by atoms with van der Waals surface area (Å²) in [5.41, 5.74) is 3.26. The fraction of sp³-hybridized carbons (Fsp3) is 0.136. The van der Waals surface area contributed by atoms with Crippen molar-refractivity contribution in [1.29, 1.82) is 0 Å². The van der Waals surface area contributed by atoms with Gasteiger partial charge >= 0.3 is 0 Å². The molecule has 136 valence electrons. The smallest absolute Gasteiger partial charge is 0.208 e. The summed E-state index contributed by atoms with van der Waals surface area (Å²) >= 11 is 12.2. The van der Waals surface area contributed by atoms with Crippen LogP contribution >= 0.6 is 23.2 Å². The third kappa shape index (κ3) is 3.18. The van der Waals surface area contributed by atoms with E-state index in [2.05, 4.69) is 18.8 Å². The van der Waals surface area contributed by atoms with Crippen molar-refractivity contribution in [2.45, 2.75) is 19.3 Å². The van der Waals surface area contributed by atoms with Gasteiger partial charge in [0.2, 0.25) is 5.71 Å². The number of pyridine rings is 1. The van der Waals surface area contributed by atoms with Crippen LogP contribution in [0, 0.1) is 0 Å². The van der Waals surface area contributed by atoms with Gasteiger partial charge in [0.1, 0.15) is 6.26 Å². The molecule has 0 bridgehead atoms. The summed E-state index contributed by atoms with van der Waals surface area (Å²) in [6.45, 7) is 4.14. The first kappa shape index (κ1) is 17.9. The molecule has 27 heavy (non-hydrogen) atoms. The van der Waals surface area contributed by atoms with Gasteiger partial charge in [0.25, 0.3) is 0 Å². The van der Waals surface area contributed by atoms with Gasteiger partial charge in [-0.05, 0) is 29.3 Å². The number of benzene rings is 2. The molecule has 0 amide bonds. The molecule has 0 atom stereocenters. The number of hydrogen-bond acceptors (Lipinski definition) is 2. The van der Waals surface area contributed by atoms with E-state index in [4.69, 9.17) is 27.6 Å². The van der Waals surface area contributed by atoms with Gasteiger partial charge in [0.05, 0.1) is 5.39 Å². The van der Waals surface area contributed by atoms with E-state index in [-0.39, 0.29) is 10.8 Å². The first-order chi connectivity index (χ1) is 12.9. The number of hydrogen-bond donors (Lipinski definition) is 1. The van der Waals surface area contributed by atoms with Crippen LogP contribution in [0.1, 0.15) is 25.1 Å². The van der Waals surface area contributed by atoms with Gasteiger partial charge in [0, 0.05) is 32.8 Å². The molecule has 4 aromatic rings. The molecule has 0 unspecified atom stereocenters. The number of H-pyrrole nitrogens is 1. The Hall–Kier alpha value is -2.49. The zero-order valence-corrected chi connectivity index (χ0v) is 16.4. The molecular weight excluding hydrogens is 381 g/mol. The zero-order valence-electron chi connectivity index (χ0n) is 14.8. The third-order valence-corrected chi connectivity index (χ3v) is 5.34. The lowest BCUT2D eigenvalue weighted by Gasteiger charge is -2.25. The Morgan fingerprint density at radius 2 is 1.63 bits per heavy atom. The molecule has 0 aliphatic carbocycles. The SMILES string of the molecule is CC(C)(c1ccccc1)c1cc(=O)c2c(-c3cc(Cl)cc(Cl)c3)coc2[nH]1. The number of furan rings is 1. The molecule has 2 aromatic heterocycles. The molecule has 0 spiro atoms. The summed E-state index contributed by atoms with van der Waals surface area (Å²) < 4.78 is 5.69. The van der Waals surface area contributed by atoms with Crippen molar-refractivity contribution in [2.24, 2.45) is 0 Å². The maximum atomic E-state index is 13.0. The molecule has 2 heterocycles. The fourth-order valence-electron chi connectivity index (χ4n) is 3.32. The Morgan fingerprint density at radius 1 is 0.963 bits per heavy atom. The van der Waals surface area contributed by atoms with Gasteiger partial charge in [-0.25, -0.2) is 0 Å². The first-order valence-electron chi connectivity index (χ1n) is 8.53. The van der Waals surface area contributed by atoms with Crippen LogP contribution < -0.4 is 5.43 Å². The van der Waals surface area contributed by atoms with Crippen molar-refractivity contribution in [3.05, 3.63) is 92.4 Å². The monoisotopic (exact) mass is 397 g/mol. The highest BCUT2D eigenvalue weighted by atomic mass is 35.5. The van der Waals surface area contributed by atoms with Gasteiger partial charge in [-0.2, -0.15) is 0 Å². The summed E-state index contributed by atoms with van der Waals surface area (Å²) in [7, 11) is 0. The van der Waals surface area contributed by atoms with E-state index < -0.39 is 0 Å². The van der Waals surface area contributed by atoms with Crippen LogP contribution in [0.3, 0.4) is 0 Å². The van der Waals surface area contributed by atoms with Crippen LogP contribution in [0.15, 0.2) is 70.1 Å². The van der Waals surface area contributed by atoms with E-state index in [1.54, 1.807) is 30.5 Å². The maximum Gasteiger partial charge on any atom is 0.208 e. The minimum absolute atomic E-state index is 0.109. The second kappa shape index (κ2) is 6.59. The molecule has 0 radical (unpaired) electrons. The summed E-state index contributed by atoms with van der Waals surface area (Å²) in [5, 5.41) is 1.50. The maximum absolute atomic E-state index is 13.0. The van der Waals surface area contributed by atoms with Crippen LogP contribution in [0.5, 0.6) is 0 Å². The number of halogens is 2. The van der Waals surface area contributed by atoms with Crippen molar-refractivity contribution in [3.63, 3.8) is 0 Å². The minimum atomic E-state index is -0.374. The topological polar surface area (TPSA) is 46.0 Å². The fourth-order valence-corrected chi connectivity index (χ4v) is 3.85. The molecule has 0 saturated heterocycles. The van der Waals surface area contributed by atoms with E-state index in [1.165, 1.54) is 0 Å². The number of aromatic nitrogens is 1. The van der Waals surface area contributed by atoms with Crippen LogP contribution in [-0.2, 0) is 5.41 Å². The average Bonchev–Trinajstić information content (AvgIpc) is 3.06. The van der Waals surface area contributed by atoms with E-state index in [1.807, 2.05) is 30.3 Å². The standard InChI is InChI=1S/C22H17Cl2NO2/c1-22(2,14-6-4-3-5-7-14)19-11-18(26)20-17(12-27-21(20)25-19)13-8-15(23)10-16(24)9-13/h3-12H,1-2H3,(H,25,26). The Balaban J connectivity index is 1.89. The van der Waals surface area contributed by atoms with Gasteiger partial charge in [0.15, 0.2) is 5.43 Å². The highest BCUT2D eigenvalue weighted by molar-refractivity contribution is 6.35. The third-order valence-electron chi connectivity index (χ3n) is 4.90. The lowest BCUT2D eigenvalue weighted by atomic mass is 9.81. The molecule has 0 aliphatic heterocycles. The van der Waals surface area contributed by atoms with E-state index >= 15 is 0 Å². The summed E-state index contributed by atoms with van der Waals surface area (Å²) in [6, 6.07) is 16.9. The van der Waals surface area contributed by atoms with Gasteiger partial charge in [-0.1, -0.05) is 67.4 Å². The molecule has 0 saturated carbocycles. The van der Waals surface area contributed by atoms with Gasteiger partial charge in [-0.15, -0.1) is 0 Å². The Morgan fingerprint density at radius 3 is 2.30 bits per heavy atom. The van der Waals surface area contributed by atoms with E-state index in [9.17, 15) is 4.79 Å². The molecule has 0 aliphatic rings. The predicted octanol–water partition coefficient (Wildman–Crippen LogP) is 6.42. The molecular formula is C22H17Cl2NO2. The second-order valence-electron chi connectivity index (χ2n) is 7.05. The van der Waals surface area contributed by atoms with Crippen LogP contribution in [0.2, 0.25) is 10.0 Å². The van der Waals surface area contributed by atoms with Crippen molar-refractivity contribution >= 4 is 34.3 Å². The summed E-state index contributed by atoms with van der Waals surface area (Å²) in [5.74, 6) is 0. The molecule has 4 rings (SSSR count). The van der Waals surface area contributed by atoms with Gasteiger partial charge in [-0.3, -0.25) is 4.79 Å². The first-order valence-corrected chi connectivity index (χ1v) is 9.29. The Kier molecular flexibility index (Phi) is 4.37. The van der Waals surface area contributed by atoms with Gasteiger partial charge < -0.3 is 9.40 Å². The molecule has 0 fully saturated rings. The largest absolute Gasteiger partial charge is 0.447 e. The van der Waals surface area contributed by atoms with Crippen molar-refractivity contribution in [2.75, 3.05) is 0 Å². The van der Waals surface area contributed by atoms with Crippen LogP contribution in [-0.4, -0.2) is 4.98 Å². The highest BCUT2D eigenvalue weighted by Gasteiger charge is 2.26. The molecule has 3 nitrogen and oxygen atoms in total. The van der Waals surface area contributed by atoms with E-state index in [0.717, 1.165) is 16.8 Å². The second-order valence-corrected chi connectivity index (χ2v) is 7.92.